The fourth-order valence-corrected chi connectivity index (χ4v) is 1.83. The minimum atomic E-state index is -0.538. The van der Waals surface area contributed by atoms with E-state index in [0.29, 0.717) is 16.8 Å². The molecule has 0 heterocycles. The van der Waals surface area contributed by atoms with Crippen molar-refractivity contribution in [3.63, 3.8) is 0 Å². The van der Waals surface area contributed by atoms with Gasteiger partial charge in [0.2, 0.25) is 0 Å². The van der Waals surface area contributed by atoms with Crippen LogP contribution in [0.2, 0.25) is 0 Å². The van der Waals surface area contributed by atoms with Gasteiger partial charge in [-0.25, -0.2) is 9.18 Å². The molecule has 2 N–H and O–H groups in total. The summed E-state index contributed by atoms with van der Waals surface area (Å²) >= 11 is 0. The molecule has 2 rings (SSSR count). The number of esters is 1. The van der Waals surface area contributed by atoms with E-state index in [4.69, 9.17) is 15.7 Å². The van der Waals surface area contributed by atoms with Gasteiger partial charge in [0.15, 0.2) is 0 Å². The molecule has 0 atom stereocenters. The van der Waals surface area contributed by atoms with Crippen LogP contribution in [-0.4, -0.2) is 5.97 Å². The van der Waals surface area contributed by atoms with Gasteiger partial charge in [-0.05, 0) is 54.4 Å². The number of anilines is 1. The van der Waals surface area contributed by atoms with Crippen molar-refractivity contribution in [2.45, 2.75) is 13.5 Å². The van der Waals surface area contributed by atoms with Crippen LogP contribution in [0, 0.1) is 24.1 Å². The van der Waals surface area contributed by atoms with Crippen LogP contribution in [-0.2, 0) is 11.3 Å². The first-order valence-corrected chi connectivity index (χ1v) is 6.22. The van der Waals surface area contributed by atoms with Gasteiger partial charge >= 0.3 is 5.97 Å². The minimum Gasteiger partial charge on any atom is -0.457 e. The zero-order valence-corrected chi connectivity index (χ0v) is 11.4. The second-order valence-corrected chi connectivity index (χ2v) is 4.61. The van der Waals surface area contributed by atoms with Gasteiger partial charge in [0, 0.05) is 5.69 Å². The average Bonchev–Trinajstić information content (AvgIpc) is 2.47. The number of nitriles is 1. The highest BCUT2D eigenvalue weighted by molar-refractivity contribution is 5.90. The largest absolute Gasteiger partial charge is 0.457 e. The first-order chi connectivity index (χ1) is 9.99. The molecule has 4 nitrogen and oxygen atoms in total. The summed E-state index contributed by atoms with van der Waals surface area (Å²) in [4.78, 5) is 11.9. The Kier molecular flexibility index (Phi) is 4.19. The van der Waals surface area contributed by atoms with E-state index < -0.39 is 11.8 Å². The van der Waals surface area contributed by atoms with Gasteiger partial charge < -0.3 is 10.5 Å². The van der Waals surface area contributed by atoms with Crippen molar-refractivity contribution in [3.8, 4) is 6.07 Å². The van der Waals surface area contributed by atoms with Crippen molar-refractivity contribution < 1.29 is 13.9 Å². The predicted molar refractivity (Wildman–Crippen MR) is 75.8 cm³/mol. The smallest absolute Gasteiger partial charge is 0.338 e. The lowest BCUT2D eigenvalue weighted by Crippen LogP contribution is -2.06. The fourth-order valence-electron chi connectivity index (χ4n) is 1.83. The number of rotatable bonds is 3. The minimum absolute atomic E-state index is 0.102. The number of nitrogens with zero attached hydrogens (tertiary/aromatic N) is 1. The molecule has 0 unspecified atom stereocenters. The molecule has 21 heavy (non-hydrogen) atoms. The van der Waals surface area contributed by atoms with E-state index in [2.05, 4.69) is 0 Å². The van der Waals surface area contributed by atoms with E-state index >= 15 is 0 Å². The number of nitrogen functional groups attached to an aromatic ring is 1. The van der Waals surface area contributed by atoms with Crippen LogP contribution in [0.15, 0.2) is 36.4 Å². The Morgan fingerprint density at radius 1 is 1.33 bits per heavy atom. The average molecular weight is 284 g/mol. The topological polar surface area (TPSA) is 76.1 Å². The van der Waals surface area contributed by atoms with E-state index in [-0.39, 0.29) is 12.2 Å². The molecule has 2 aromatic carbocycles. The molecule has 0 aromatic heterocycles. The summed E-state index contributed by atoms with van der Waals surface area (Å²) in [7, 11) is 0. The highest BCUT2D eigenvalue weighted by atomic mass is 19.1. The van der Waals surface area contributed by atoms with Crippen LogP contribution in [0.3, 0.4) is 0 Å². The predicted octanol–water partition coefficient (Wildman–Crippen LogP) is 2.95. The molecular formula is C16H13FN2O2. The van der Waals surface area contributed by atoms with E-state index in [9.17, 15) is 9.18 Å². The van der Waals surface area contributed by atoms with E-state index in [1.807, 2.05) is 6.07 Å². The lowest BCUT2D eigenvalue weighted by molar-refractivity contribution is 0.0472. The van der Waals surface area contributed by atoms with Gasteiger partial charge in [-0.3, -0.25) is 0 Å². The summed E-state index contributed by atoms with van der Waals surface area (Å²) in [6.45, 7) is 1.69. The molecule has 0 radical (unpaired) electrons. The van der Waals surface area contributed by atoms with Gasteiger partial charge in [0.25, 0.3) is 0 Å². The number of ether oxygens (including phenoxy) is 1. The Morgan fingerprint density at radius 3 is 2.76 bits per heavy atom. The van der Waals surface area contributed by atoms with Crippen molar-refractivity contribution in [1.29, 1.82) is 5.26 Å². The molecular weight excluding hydrogens is 271 g/mol. The maximum absolute atomic E-state index is 13.3. The van der Waals surface area contributed by atoms with Gasteiger partial charge in [-0.15, -0.1) is 0 Å². The fraction of sp³-hybridized carbons (Fsp3) is 0.125. The number of hydrogen-bond acceptors (Lipinski definition) is 4. The lowest BCUT2D eigenvalue weighted by Gasteiger charge is -2.07. The molecule has 0 aliphatic carbocycles. The molecule has 0 fully saturated rings. The molecule has 0 saturated heterocycles. The molecule has 106 valence electrons. The maximum atomic E-state index is 13.3. The molecule has 0 bridgehead atoms. The van der Waals surface area contributed by atoms with Crippen LogP contribution in [0.25, 0.3) is 0 Å². The lowest BCUT2D eigenvalue weighted by atomic mass is 10.1. The number of halogens is 1. The second-order valence-electron chi connectivity index (χ2n) is 4.61. The molecule has 0 saturated carbocycles. The number of hydrogen-bond donors (Lipinski definition) is 1. The van der Waals surface area contributed by atoms with Crippen molar-refractivity contribution in [2.24, 2.45) is 0 Å². The summed E-state index contributed by atoms with van der Waals surface area (Å²) in [5.74, 6) is -1.07. The zero-order valence-electron chi connectivity index (χ0n) is 11.4. The van der Waals surface area contributed by atoms with Crippen LogP contribution in [0.5, 0.6) is 0 Å². The first-order valence-electron chi connectivity index (χ1n) is 6.22. The maximum Gasteiger partial charge on any atom is 0.338 e. The number of carbonyl (C=O) groups excluding carboxylic acids is 1. The monoisotopic (exact) mass is 284 g/mol. The Morgan fingerprint density at radius 2 is 2.10 bits per heavy atom. The van der Waals surface area contributed by atoms with Gasteiger partial charge in [-0.1, -0.05) is 0 Å². The molecule has 5 heteroatoms. The van der Waals surface area contributed by atoms with Crippen LogP contribution < -0.4 is 5.73 Å². The zero-order chi connectivity index (χ0) is 15.4. The number of carbonyl (C=O) groups is 1. The van der Waals surface area contributed by atoms with Crippen molar-refractivity contribution in [1.82, 2.24) is 0 Å². The third-order valence-corrected chi connectivity index (χ3v) is 2.96. The first kappa shape index (κ1) is 14.5. The van der Waals surface area contributed by atoms with E-state index in [0.717, 1.165) is 11.6 Å². The highest BCUT2D eigenvalue weighted by Crippen LogP contribution is 2.15. The molecule has 0 amide bonds. The molecule has 0 aliphatic rings. The van der Waals surface area contributed by atoms with Crippen LogP contribution in [0.4, 0.5) is 10.1 Å². The molecule has 2 aromatic rings. The molecule has 0 aliphatic heterocycles. The van der Waals surface area contributed by atoms with Gasteiger partial charge in [-0.2, -0.15) is 5.26 Å². The van der Waals surface area contributed by atoms with Crippen LogP contribution >= 0.6 is 0 Å². The summed E-state index contributed by atoms with van der Waals surface area (Å²) in [5, 5.41) is 8.76. The number of aryl methyl sites for hydroxylation is 1. The SMILES string of the molecule is Cc1cc(C(=O)OCc2cc(F)cc(C#N)c2)ccc1N. The van der Waals surface area contributed by atoms with Crippen molar-refractivity contribution >= 4 is 11.7 Å². The Hall–Kier alpha value is -2.87. The summed E-state index contributed by atoms with van der Waals surface area (Å²) in [5.41, 5.74) is 8.03. The third-order valence-electron chi connectivity index (χ3n) is 2.96. The number of benzene rings is 2. The summed E-state index contributed by atoms with van der Waals surface area (Å²) in [6, 6.07) is 10.5. The molecule has 0 spiro atoms. The Labute approximate surface area is 121 Å². The quantitative estimate of drug-likeness (QED) is 0.694. The normalized spacial score (nSPS) is 9.95. The Balaban J connectivity index is 2.09. The van der Waals surface area contributed by atoms with E-state index in [1.165, 1.54) is 12.1 Å². The van der Waals surface area contributed by atoms with Gasteiger partial charge in [0.1, 0.15) is 12.4 Å². The number of nitrogens with two attached hydrogens (primary N) is 1. The third kappa shape index (κ3) is 3.57. The highest BCUT2D eigenvalue weighted by Gasteiger charge is 2.09. The van der Waals surface area contributed by atoms with Crippen molar-refractivity contribution in [2.75, 3.05) is 5.73 Å². The van der Waals surface area contributed by atoms with E-state index in [1.54, 1.807) is 25.1 Å². The summed E-state index contributed by atoms with van der Waals surface area (Å²) in [6.07, 6.45) is 0. The Bertz CT molecular complexity index is 736. The second kappa shape index (κ2) is 6.06. The standard InChI is InChI=1S/C16H13FN2O2/c1-10-4-13(2-3-15(10)19)16(20)21-9-12-5-11(8-18)6-14(17)7-12/h2-7H,9,19H2,1H3. The summed E-state index contributed by atoms with van der Waals surface area (Å²) < 4.78 is 18.4. The van der Waals surface area contributed by atoms with Gasteiger partial charge in [0.05, 0.1) is 17.2 Å². The van der Waals surface area contributed by atoms with Crippen molar-refractivity contribution in [3.05, 3.63) is 64.5 Å². The van der Waals surface area contributed by atoms with Crippen LogP contribution in [0.1, 0.15) is 27.0 Å².